The first-order valence-corrected chi connectivity index (χ1v) is 9.85. The van der Waals surface area contributed by atoms with Gasteiger partial charge in [0, 0.05) is 0 Å². The zero-order valence-electron chi connectivity index (χ0n) is 18.3. The number of benzene rings is 2. The van der Waals surface area contributed by atoms with Crippen LogP contribution in [0.15, 0.2) is 59.7 Å². The summed E-state index contributed by atoms with van der Waals surface area (Å²) in [4.78, 5) is 24.8. The maximum atomic E-state index is 12.6. The van der Waals surface area contributed by atoms with Crippen molar-refractivity contribution >= 4 is 18.2 Å². The van der Waals surface area contributed by atoms with E-state index in [1.165, 1.54) is 6.21 Å². The van der Waals surface area contributed by atoms with Crippen LogP contribution < -0.4 is 15.5 Å². The van der Waals surface area contributed by atoms with E-state index in [4.69, 9.17) is 14.2 Å². The van der Waals surface area contributed by atoms with Crippen LogP contribution in [0.2, 0.25) is 0 Å². The van der Waals surface area contributed by atoms with E-state index < -0.39 is 23.6 Å². The normalized spacial score (nSPS) is 12.3. The Bertz CT molecular complexity index is 878. The minimum absolute atomic E-state index is 0.0470. The van der Waals surface area contributed by atoms with Gasteiger partial charge in [0.05, 0.1) is 26.5 Å². The molecule has 1 atom stereocenters. The zero-order chi connectivity index (χ0) is 22.7. The molecule has 2 aromatic carbocycles. The standard InChI is InChI=1S/C23H29N3O5/c1-23(2,3)31-22(28)25-20(16-30-15-17-9-6-5-7-10-17)21(27)26-24-14-18-11-8-12-19(13-18)29-4/h5-14,20H,15-16H2,1-4H3,(H,25,28)(H,26,27)/b24-14-/t20-/m0/s1. The number of nitrogens with one attached hydrogen (secondary N) is 2. The van der Waals surface area contributed by atoms with Crippen LogP contribution in [0.25, 0.3) is 0 Å². The Kier molecular flexibility index (Phi) is 9.02. The number of nitrogens with zero attached hydrogens (tertiary/aromatic N) is 1. The number of hydrazone groups is 1. The van der Waals surface area contributed by atoms with Crippen molar-refractivity contribution in [2.24, 2.45) is 5.10 Å². The minimum Gasteiger partial charge on any atom is -0.497 e. The second-order valence-electron chi connectivity index (χ2n) is 7.71. The number of hydrogen-bond donors (Lipinski definition) is 2. The summed E-state index contributed by atoms with van der Waals surface area (Å²) in [5, 5.41) is 6.49. The number of hydrogen-bond acceptors (Lipinski definition) is 6. The summed E-state index contributed by atoms with van der Waals surface area (Å²) in [5.74, 6) is 0.145. The molecule has 0 radical (unpaired) electrons. The Hall–Kier alpha value is -3.39. The van der Waals surface area contributed by atoms with Gasteiger partial charge in [-0.25, -0.2) is 10.2 Å². The quantitative estimate of drug-likeness (QED) is 0.473. The van der Waals surface area contributed by atoms with Crippen molar-refractivity contribution in [2.75, 3.05) is 13.7 Å². The molecule has 0 heterocycles. The third-order valence-electron chi connectivity index (χ3n) is 3.89. The Morgan fingerprint density at radius 1 is 1.10 bits per heavy atom. The van der Waals surface area contributed by atoms with E-state index in [1.54, 1.807) is 40.0 Å². The SMILES string of the molecule is COc1cccc(/C=N\NC(=O)[C@H](COCc2ccccc2)NC(=O)OC(C)(C)C)c1. The third-order valence-corrected chi connectivity index (χ3v) is 3.89. The van der Waals surface area contributed by atoms with Gasteiger partial charge in [-0.15, -0.1) is 0 Å². The van der Waals surface area contributed by atoms with Crippen LogP contribution in [0.5, 0.6) is 5.75 Å². The average Bonchev–Trinajstić information content (AvgIpc) is 2.72. The van der Waals surface area contributed by atoms with Crippen LogP contribution >= 0.6 is 0 Å². The number of carbonyl (C=O) groups excluding carboxylic acids is 2. The molecule has 166 valence electrons. The largest absolute Gasteiger partial charge is 0.497 e. The van der Waals surface area contributed by atoms with E-state index in [0.29, 0.717) is 12.4 Å². The lowest BCUT2D eigenvalue weighted by molar-refractivity contribution is -0.124. The van der Waals surface area contributed by atoms with E-state index in [9.17, 15) is 9.59 Å². The summed E-state index contributed by atoms with van der Waals surface area (Å²) in [5.41, 5.74) is 3.43. The Balaban J connectivity index is 1.98. The van der Waals surface area contributed by atoms with Crippen molar-refractivity contribution in [3.05, 3.63) is 65.7 Å². The van der Waals surface area contributed by atoms with Crippen LogP contribution in [0.3, 0.4) is 0 Å². The number of ether oxygens (including phenoxy) is 3. The van der Waals surface area contributed by atoms with Gasteiger partial charge in [-0.3, -0.25) is 4.79 Å². The van der Waals surface area contributed by atoms with E-state index in [-0.39, 0.29) is 6.61 Å². The van der Waals surface area contributed by atoms with E-state index in [0.717, 1.165) is 11.1 Å². The molecule has 0 aliphatic rings. The third kappa shape index (κ3) is 9.31. The van der Waals surface area contributed by atoms with E-state index in [1.807, 2.05) is 42.5 Å². The molecule has 0 bridgehead atoms. The number of carbonyl (C=O) groups is 2. The minimum atomic E-state index is -0.985. The summed E-state index contributed by atoms with van der Waals surface area (Å²) in [7, 11) is 1.57. The molecule has 2 N–H and O–H groups in total. The Morgan fingerprint density at radius 3 is 2.52 bits per heavy atom. The number of alkyl carbamates (subject to hydrolysis) is 1. The highest BCUT2D eigenvalue weighted by molar-refractivity contribution is 5.87. The van der Waals surface area contributed by atoms with Crippen molar-refractivity contribution in [1.29, 1.82) is 0 Å². The molecule has 2 aromatic rings. The van der Waals surface area contributed by atoms with Gasteiger partial charge in [0.1, 0.15) is 17.4 Å². The predicted octanol–water partition coefficient (Wildman–Crippen LogP) is 3.26. The molecule has 0 saturated heterocycles. The molecular weight excluding hydrogens is 398 g/mol. The number of amides is 2. The maximum Gasteiger partial charge on any atom is 0.408 e. The van der Waals surface area contributed by atoms with Crippen LogP contribution in [-0.4, -0.2) is 43.6 Å². The second kappa shape index (κ2) is 11.7. The molecule has 0 spiro atoms. The second-order valence-corrected chi connectivity index (χ2v) is 7.71. The van der Waals surface area contributed by atoms with Crippen LogP contribution in [0.1, 0.15) is 31.9 Å². The van der Waals surface area contributed by atoms with Crippen molar-refractivity contribution in [2.45, 2.75) is 39.0 Å². The summed E-state index contributed by atoms with van der Waals surface area (Å²) < 4.78 is 16.0. The highest BCUT2D eigenvalue weighted by atomic mass is 16.6. The first-order chi connectivity index (χ1) is 14.8. The van der Waals surface area contributed by atoms with Crippen molar-refractivity contribution < 1.29 is 23.8 Å². The lowest BCUT2D eigenvalue weighted by Crippen LogP contribution is -2.49. The van der Waals surface area contributed by atoms with E-state index >= 15 is 0 Å². The number of rotatable bonds is 9. The predicted molar refractivity (Wildman–Crippen MR) is 118 cm³/mol. The zero-order valence-corrected chi connectivity index (χ0v) is 18.3. The molecule has 0 unspecified atom stereocenters. The Labute approximate surface area is 182 Å². The fourth-order valence-electron chi connectivity index (χ4n) is 2.47. The summed E-state index contributed by atoms with van der Waals surface area (Å²) >= 11 is 0. The fraction of sp³-hybridized carbons (Fsp3) is 0.348. The van der Waals surface area contributed by atoms with Crippen molar-refractivity contribution in [3.63, 3.8) is 0 Å². The molecule has 0 fully saturated rings. The van der Waals surface area contributed by atoms with Crippen LogP contribution in [0, 0.1) is 0 Å². The highest BCUT2D eigenvalue weighted by Gasteiger charge is 2.24. The van der Waals surface area contributed by atoms with Gasteiger partial charge in [-0.1, -0.05) is 42.5 Å². The molecule has 0 aliphatic carbocycles. The summed E-state index contributed by atoms with van der Waals surface area (Å²) in [6.07, 6.45) is 0.767. The topological polar surface area (TPSA) is 98.3 Å². The summed E-state index contributed by atoms with van der Waals surface area (Å²) in [6.45, 7) is 5.48. The van der Waals surface area contributed by atoms with Gasteiger partial charge >= 0.3 is 6.09 Å². The molecule has 0 aromatic heterocycles. The molecule has 8 nitrogen and oxygen atoms in total. The maximum absolute atomic E-state index is 12.6. The first-order valence-electron chi connectivity index (χ1n) is 9.85. The van der Waals surface area contributed by atoms with Gasteiger partial charge < -0.3 is 19.5 Å². The van der Waals surface area contributed by atoms with Crippen molar-refractivity contribution in [1.82, 2.24) is 10.7 Å². The molecule has 31 heavy (non-hydrogen) atoms. The monoisotopic (exact) mass is 427 g/mol. The summed E-state index contributed by atoms with van der Waals surface area (Å²) in [6, 6.07) is 15.7. The highest BCUT2D eigenvalue weighted by Crippen LogP contribution is 2.11. The fourth-order valence-corrected chi connectivity index (χ4v) is 2.47. The first kappa shape index (κ1) is 23.9. The van der Waals surface area contributed by atoms with E-state index in [2.05, 4.69) is 15.8 Å². The Morgan fingerprint density at radius 2 is 1.84 bits per heavy atom. The molecule has 0 aliphatic heterocycles. The number of methoxy groups -OCH3 is 1. The molecule has 2 rings (SSSR count). The van der Waals surface area contributed by atoms with Crippen LogP contribution in [-0.2, 0) is 20.9 Å². The smallest absolute Gasteiger partial charge is 0.408 e. The lowest BCUT2D eigenvalue weighted by Gasteiger charge is -2.22. The van der Waals surface area contributed by atoms with Gasteiger partial charge in [0.25, 0.3) is 5.91 Å². The molecular formula is C23H29N3O5. The van der Waals surface area contributed by atoms with Gasteiger partial charge in [0.15, 0.2) is 0 Å². The lowest BCUT2D eigenvalue weighted by atomic mass is 10.2. The van der Waals surface area contributed by atoms with Crippen LogP contribution in [0.4, 0.5) is 4.79 Å². The van der Waals surface area contributed by atoms with Gasteiger partial charge in [0.2, 0.25) is 0 Å². The average molecular weight is 428 g/mol. The molecule has 8 heteroatoms. The van der Waals surface area contributed by atoms with Gasteiger partial charge in [-0.05, 0) is 44.0 Å². The van der Waals surface area contributed by atoms with Crippen molar-refractivity contribution in [3.8, 4) is 5.75 Å². The molecule has 2 amide bonds. The molecule has 0 saturated carbocycles. The van der Waals surface area contributed by atoms with Gasteiger partial charge in [-0.2, -0.15) is 5.10 Å².